The molecular formula is C56H108N8O9. The number of methoxy groups -OCH3 is 1. The maximum absolute atomic E-state index is 13.2. The second kappa shape index (κ2) is 57.7. The van der Waals surface area contributed by atoms with Crippen LogP contribution in [0.25, 0.3) is 0 Å². The van der Waals surface area contributed by atoms with E-state index in [1.54, 1.807) is 12.0 Å². The predicted octanol–water partition coefficient (Wildman–Crippen LogP) is 7.00. The van der Waals surface area contributed by atoms with Crippen LogP contribution in [0.1, 0.15) is 150 Å². The Kier molecular flexibility index (Phi) is 64.7. The van der Waals surface area contributed by atoms with Crippen molar-refractivity contribution in [1.82, 2.24) is 20.0 Å². The van der Waals surface area contributed by atoms with E-state index in [0.717, 1.165) is 103 Å². The van der Waals surface area contributed by atoms with Gasteiger partial charge in [-0.05, 0) is 93.9 Å². The lowest BCUT2D eigenvalue weighted by Gasteiger charge is -2.42. The van der Waals surface area contributed by atoms with Crippen LogP contribution >= 0.6 is 0 Å². The molecular weight excluding hydrogens is 929 g/mol. The number of amides is 5. The van der Waals surface area contributed by atoms with Gasteiger partial charge in [-0.15, -0.1) is 0 Å². The fourth-order valence-electron chi connectivity index (χ4n) is 7.63. The summed E-state index contributed by atoms with van der Waals surface area (Å²) in [4.78, 5) is 64.4. The Balaban J connectivity index is -0.000000180. The van der Waals surface area contributed by atoms with Crippen molar-refractivity contribution in [2.45, 2.75) is 164 Å². The highest BCUT2D eigenvalue weighted by Gasteiger charge is 2.46. The second-order valence-electron chi connectivity index (χ2n) is 17.5. The lowest BCUT2D eigenvalue weighted by atomic mass is 9.83. The number of nitrogens with one attached hydrogen (secondary N) is 1. The minimum Gasteiger partial charge on any atom is -0.400 e. The van der Waals surface area contributed by atoms with Gasteiger partial charge >= 0.3 is 0 Å². The van der Waals surface area contributed by atoms with Crippen molar-refractivity contribution >= 4 is 38.3 Å². The number of rotatable bonds is 22. The lowest BCUT2D eigenvalue weighted by molar-refractivity contribution is -0.141. The van der Waals surface area contributed by atoms with Gasteiger partial charge in [0.1, 0.15) is 6.79 Å². The predicted molar refractivity (Wildman–Crippen MR) is 304 cm³/mol. The fourth-order valence-corrected chi connectivity index (χ4v) is 7.63. The summed E-state index contributed by atoms with van der Waals surface area (Å²) < 4.78 is 6.00. The van der Waals surface area contributed by atoms with Crippen molar-refractivity contribution in [3.05, 3.63) is 83.6 Å². The Morgan fingerprint density at radius 2 is 1.33 bits per heavy atom. The Morgan fingerprint density at radius 3 is 1.74 bits per heavy atom. The first kappa shape index (κ1) is 81.8. The normalized spacial score (nSPS) is 14.5. The van der Waals surface area contributed by atoms with Crippen LogP contribution in [-0.2, 0) is 46.5 Å². The molecule has 1 heterocycles. The van der Waals surface area contributed by atoms with E-state index >= 15 is 0 Å². The molecule has 1 aliphatic heterocycles. The van der Waals surface area contributed by atoms with E-state index in [1.165, 1.54) is 23.1 Å². The highest BCUT2D eigenvalue weighted by atomic mass is 16.5. The number of carbonyl (C=O) groups is 6. The maximum Gasteiger partial charge on any atom is 0.223 e. The summed E-state index contributed by atoms with van der Waals surface area (Å²) in [5.41, 5.74) is 22.6. The van der Waals surface area contributed by atoms with E-state index in [2.05, 4.69) is 157 Å². The van der Waals surface area contributed by atoms with Crippen LogP contribution in [-0.4, -0.2) is 136 Å². The van der Waals surface area contributed by atoms with Gasteiger partial charge in [0.05, 0.1) is 11.6 Å². The summed E-state index contributed by atoms with van der Waals surface area (Å²) in [5.74, 6) is 2.11. The molecule has 73 heavy (non-hydrogen) atoms. The van der Waals surface area contributed by atoms with E-state index in [4.69, 9.17) is 39.9 Å². The molecule has 0 aromatic heterocycles. The summed E-state index contributed by atoms with van der Waals surface area (Å²) in [6.45, 7) is 33.2. The molecule has 11 N–H and O–H groups in total. The Hall–Kier alpha value is -5.20. The molecule has 0 radical (unpaired) electrons. The van der Waals surface area contributed by atoms with E-state index in [-0.39, 0.29) is 48.9 Å². The SMILES string of the molecule is C=C(CN)NC(C)c1ccc(CN(C)CC(C)C(C)C)cc1.C=O.CC.CCC.CCC[C@@H](CCC(=O)N1CCC[C@@]1(C)C(C[C@H](C)Cc1ccccc1)OC)N(C)C=O.CO.CO.NC=O.NC=O.NC=O. The van der Waals surface area contributed by atoms with Gasteiger partial charge in [-0.2, -0.15) is 0 Å². The number of aliphatic hydroxyl groups is 2. The molecule has 2 aromatic rings. The maximum atomic E-state index is 13.2. The summed E-state index contributed by atoms with van der Waals surface area (Å²) in [6, 6.07) is 19.8. The first-order valence-corrected chi connectivity index (χ1v) is 25.4. The monoisotopic (exact) mass is 1040 g/mol. The third-order valence-corrected chi connectivity index (χ3v) is 11.4. The lowest BCUT2D eigenvalue weighted by Crippen LogP contribution is -2.54. The molecule has 5 amide bonds. The molecule has 0 spiro atoms. The van der Waals surface area contributed by atoms with Gasteiger partial charge in [0.2, 0.25) is 31.5 Å². The highest BCUT2D eigenvalue weighted by Crippen LogP contribution is 2.37. The number of nitrogens with zero attached hydrogens (tertiary/aromatic N) is 3. The average Bonchev–Trinajstić information content (AvgIpc) is 3.80. The zero-order chi connectivity index (χ0) is 58.4. The first-order chi connectivity index (χ1) is 34.8. The molecule has 6 atom stereocenters. The number of aliphatic hydroxyl groups excluding tert-OH is 2. The molecule has 0 saturated carbocycles. The van der Waals surface area contributed by atoms with Crippen LogP contribution in [0.3, 0.4) is 0 Å². The number of ether oxygens (including phenoxy) is 1. The van der Waals surface area contributed by atoms with E-state index in [0.29, 0.717) is 18.9 Å². The van der Waals surface area contributed by atoms with Gasteiger partial charge in [-0.3, -0.25) is 24.0 Å². The summed E-state index contributed by atoms with van der Waals surface area (Å²) in [6.07, 6.45) is 9.96. The average molecular weight is 1040 g/mol. The molecule has 3 unspecified atom stereocenters. The van der Waals surface area contributed by atoms with E-state index < -0.39 is 0 Å². The number of likely N-dealkylation sites (tertiary alicyclic amines) is 1. The zero-order valence-corrected chi connectivity index (χ0v) is 48.5. The summed E-state index contributed by atoms with van der Waals surface area (Å²) >= 11 is 0. The van der Waals surface area contributed by atoms with Crippen LogP contribution in [0.2, 0.25) is 0 Å². The molecule has 1 fully saturated rings. The van der Waals surface area contributed by atoms with Crippen LogP contribution in [0.15, 0.2) is 66.9 Å². The minimum absolute atomic E-state index is 0.0155. The van der Waals surface area contributed by atoms with Crippen LogP contribution < -0.4 is 28.3 Å². The number of primary amides is 3. The van der Waals surface area contributed by atoms with Crippen molar-refractivity contribution in [2.75, 3.05) is 55.1 Å². The second-order valence-corrected chi connectivity index (χ2v) is 17.5. The van der Waals surface area contributed by atoms with Gasteiger partial charge in [0.25, 0.3) is 0 Å². The van der Waals surface area contributed by atoms with Gasteiger partial charge in [0.15, 0.2) is 0 Å². The number of hydrogen-bond donors (Lipinski definition) is 7. The van der Waals surface area contributed by atoms with Crippen LogP contribution in [0, 0.1) is 17.8 Å². The summed E-state index contributed by atoms with van der Waals surface area (Å²) in [7, 11) is 7.79. The van der Waals surface area contributed by atoms with Crippen LogP contribution in [0.4, 0.5) is 0 Å². The molecule has 3 rings (SSSR count). The molecule has 1 saturated heterocycles. The minimum atomic E-state index is -0.270. The Morgan fingerprint density at radius 1 is 0.849 bits per heavy atom. The van der Waals surface area contributed by atoms with Crippen molar-refractivity contribution in [2.24, 2.45) is 40.7 Å². The Bertz CT molecular complexity index is 1530. The molecule has 426 valence electrons. The molecule has 17 heteroatoms. The van der Waals surface area contributed by atoms with Crippen molar-refractivity contribution in [1.29, 1.82) is 0 Å². The third kappa shape index (κ3) is 41.9. The summed E-state index contributed by atoms with van der Waals surface area (Å²) in [5, 5.41) is 17.3. The molecule has 0 bridgehead atoms. The van der Waals surface area contributed by atoms with Gasteiger partial charge < -0.3 is 62.7 Å². The first-order valence-electron chi connectivity index (χ1n) is 25.4. The Labute approximate surface area is 444 Å². The fraction of sp³-hybridized carbons (Fsp3) is 0.643. The van der Waals surface area contributed by atoms with Gasteiger partial charge in [0, 0.05) is 78.8 Å². The molecule has 1 aliphatic rings. The van der Waals surface area contributed by atoms with Gasteiger partial charge in [-0.1, -0.05) is 136 Å². The highest BCUT2D eigenvalue weighted by molar-refractivity contribution is 5.77. The van der Waals surface area contributed by atoms with E-state index in [9.17, 15) is 9.59 Å². The number of benzene rings is 2. The van der Waals surface area contributed by atoms with Crippen LogP contribution in [0.5, 0.6) is 0 Å². The standard InChI is InChI=1S/C26H42N2O3.C19H33N3.C3H8.C2H6.3CH3NO.2CH4O.CH2O/c1-6-11-23(27(4)20-29)14-15-25(30)28-17-10-16-26(28,3)24(31-5)19-21(2)18-22-12-8-7-9-13-22;1-14(2)15(3)12-22(6)13-18-7-9-19(10-8-18)17(5)21-16(4)11-20;1-3-2;1-2;3*2-1-3;3*1-2/h7-9,12-13,20-21,23-24H,6,10-11,14-19H2,1-5H3;7-10,14-15,17,21H,4,11-13,20H2,1-3,5-6H3;3H2,1-2H3;1-2H3;3*1H,(H2,2,3);2*2H,1H3;1H2/t21-,23+,24?,26+;;;;;;;;;/m1........./s1. The number of nitrogens with two attached hydrogens (primary N) is 4. The van der Waals surface area contributed by atoms with Crippen molar-refractivity contribution in [3.63, 3.8) is 0 Å². The molecule has 2 aromatic carbocycles. The third-order valence-electron chi connectivity index (χ3n) is 11.4. The van der Waals surface area contributed by atoms with Crippen molar-refractivity contribution < 1.29 is 43.7 Å². The number of hydrogen-bond acceptors (Lipinski definition) is 12. The van der Waals surface area contributed by atoms with E-state index in [1.807, 2.05) is 33.8 Å². The number of carbonyl (C=O) groups excluding carboxylic acids is 6. The van der Waals surface area contributed by atoms with Crippen molar-refractivity contribution in [3.8, 4) is 0 Å². The van der Waals surface area contributed by atoms with Gasteiger partial charge in [-0.25, -0.2) is 0 Å². The zero-order valence-electron chi connectivity index (χ0n) is 48.5. The quantitative estimate of drug-likeness (QED) is 0.0587. The topological polar surface area (TPSA) is 278 Å². The molecule has 17 nitrogen and oxygen atoms in total. The molecule has 0 aliphatic carbocycles. The smallest absolute Gasteiger partial charge is 0.223 e. The largest absolute Gasteiger partial charge is 0.400 e.